The molecule has 0 spiro atoms. The van der Waals surface area contributed by atoms with Crippen molar-refractivity contribution in [1.29, 1.82) is 0 Å². The molecule has 13 nitrogen and oxygen atoms in total. The molecule has 3 fully saturated rings. The molecule has 0 radical (unpaired) electrons. The van der Waals surface area contributed by atoms with Gasteiger partial charge in [-0.05, 0) is 99.1 Å². The summed E-state index contributed by atoms with van der Waals surface area (Å²) in [6.07, 6.45) is 11.6. The van der Waals surface area contributed by atoms with Crippen molar-refractivity contribution < 1.29 is 28.7 Å². The zero-order chi connectivity index (χ0) is 42.2. The minimum absolute atomic E-state index is 0.0167. The van der Waals surface area contributed by atoms with Gasteiger partial charge in [0.15, 0.2) is 0 Å². The molecule has 4 amide bonds. The van der Waals surface area contributed by atoms with Gasteiger partial charge in [0.2, 0.25) is 17.7 Å². The number of aryl methyl sites for hydroxylation is 1. The van der Waals surface area contributed by atoms with E-state index in [1.54, 1.807) is 4.90 Å². The summed E-state index contributed by atoms with van der Waals surface area (Å²) in [5.41, 5.74) is 12.0. The van der Waals surface area contributed by atoms with Gasteiger partial charge in [-0.1, -0.05) is 75.8 Å². The molecule has 320 valence electrons. The zero-order valence-corrected chi connectivity index (χ0v) is 35.7. The molecule has 2 aromatic rings. The molecule has 59 heavy (non-hydrogen) atoms. The first kappa shape index (κ1) is 43.7. The molecule has 3 saturated heterocycles. The van der Waals surface area contributed by atoms with Crippen molar-refractivity contribution in [2.45, 2.75) is 122 Å². The van der Waals surface area contributed by atoms with Crippen molar-refractivity contribution in [3.05, 3.63) is 83.5 Å². The maximum atomic E-state index is 13.6. The highest BCUT2D eigenvalue weighted by molar-refractivity contribution is 5.92. The summed E-state index contributed by atoms with van der Waals surface area (Å²) >= 11 is 0. The number of rotatable bonds is 15. The number of carbonyl (C=O) groups is 4. The van der Waals surface area contributed by atoms with Gasteiger partial charge >= 0.3 is 6.09 Å². The third-order valence-electron chi connectivity index (χ3n) is 12.4. The Kier molecular flexibility index (Phi) is 14.7. The van der Waals surface area contributed by atoms with Crippen molar-refractivity contribution in [2.24, 2.45) is 17.6 Å². The first-order valence-electron chi connectivity index (χ1n) is 21.5. The Balaban J connectivity index is 1.05. The van der Waals surface area contributed by atoms with E-state index in [2.05, 4.69) is 94.5 Å². The van der Waals surface area contributed by atoms with E-state index in [0.29, 0.717) is 32.7 Å². The van der Waals surface area contributed by atoms with Crippen LogP contribution < -0.4 is 26.6 Å². The fourth-order valence-electron chi connectivity index (χ4n) is 8.92. The van der Waals surface area contributed by atoms with Crippen molar-refractivity contribution in [3.63, 3.8) is 0 Å². The van der Waals surface area contributed by atoms with E-state index in [9.17, 15) is 19.2 Å². The molecule has 3 unspecified atom stereocenters. The number of likely N-dealkylation sites (tertiary alicyclic amines) is 2. The number of carbonyl (C=O) groups excluding carboxylic acids is 4. The van der Waals surface area contributed by atoms with Crippen molar-refractivity contribution >= 4 is 35.2 Å². The van der Waals surface area contributed by atoms with Crippen LogP contribution in [0.2, 0.25) is 0 Å². The molecular formula is C46H65N7O6. The maximum absolute atomic E-state index is 13.6. The largest absolute Gasteiger partial charge is 0.453 e. The van der Waals surface area contributed by atoms with E-state index in [1.807, 2.05) is 32.6 Å². The number of anilines is 2. The predicted octanol–water partition coefficient (Wildman–Crippen LogP) is 5.81. The molecule has 5 N–H and O–H groups in total. The normalized spacial score (nSPS) is 24.0. The van der Waals surface area contributed by atoms with E-state index in [0.717, 1.165) is 44.3 Å². The lowest BCUT2D eigenvalue weighted by atomic mass is 9.95. The highest BCUT2D eigenvalue weighted by Gasteiger charge is 2.40. The first-order valence-corrected chi connectivity index (χ1v) is 21.5. The van der Waals surface area contributed by atoms with E-state index < -0.39 is 24.2 Å². The second-order valence-electron chi connectivity index (χ2n) is 17.2. The number of nitrogens with two attached hydrogens (primary N) is 1. The summed E-state index contributed by atoms with van der Waals surface area (Å²) in [7, 11) is 1.27. The number of methoxy groups -OCH3 is 1. The summed E-state index contributed by atoms with van der Waals surface area (Å²) < 4.78 is 10.8. The molecule has 0 aromatic heterocycles. The summed E-state index contributed by atoms with van der Waals surface area (Å²) in [6, 6.07) is 15.7. The van der Waals surface area contributed by atoms with Crippen molar-refractivity contribution in [2.75, 3.05) is 43.8 Å². The van der Waals surface area contributed by atoms with Crippen LogP contribution in [-0.4, -0.2) is 103 Å². The Morgan fingerprint density at radius 1 is 0.847 bits per heavy atom. The van der Waals surface area contributed by atoms with E-state index in [1.165, 1.54) is 29.5 Å². The van der Waals surface area contributed by atoms with Crippen LogP contribution in [0.4, 0.5) is 16.2 Å². The Labute approximate surface area is 350 Å². The molecule has 6 rings (SSSR count). The van der Waals surface area contributed by atoms with Gasteiger partial charge in [0, 0.05) is 24.5 Å². The second kappa shape index (κ2) is 19.9. The van der Waals surface area contributed by atoms with Crippen LogP contribution >= 0.6 is 0 Å². The summed E-state index contributed by atoms with van der Waals surface area (Å²) in [5, 5.41) is 9.23. The molecule has 1 aliphatic carbocycles. The number of nitrogens with zero attached hydrogens (tertiary/aromatic N) is 3. The van der Waals surface area contributed by atoms with Gasteiger partial charge in [0.05, 0.1) is 43.9 Å². The molecule has 3 aliphatic heterocycles. The van der Waals surface area contributed by atoms with Crippen LogP contribution in [0.5, 0.6) is 0 Å². The van der Waals surface area contributed by atoms with Crippen LogP contribution in [0.1, 0.15) is 89.8 Å². The topological polar surface area (TPSA) is 159 Å². The average molecular weight is 812 g/mol. The van der Waals surface area contributed by atoms with E-state index >= 15 is 0 Å². The fourth-order valence-corrected chi connectivity index (χ4v) is 8.92. The van der Waals surface area contributed by atoms with E-state index in [-0.39, 0.29) is 53.7 Å². The Hall–Kier alpha value is -4.88. The molecule has 13 heteroatoms. The number of alkyl carbamates (subject to hydrolysis) is 1. The predicted molar refractivity (Wildman–Crippen MR) is 231 cm³/mol. The summed E-state index contributed by atoms with van der Waals surface area (Å²) in [4.78, 5) is 58.0. The molecule has 2 aromatic carbocycles. The molecular weight excluding hydrogens is 747 g/mol. The SMILES string of the molecule is COC(=O)N[C@H](C(=O)N1CCC[C@H]1C(=O)NC1C=CC(C2CCC(c3ccc(NCOC[C@@H]4CCCN4C(=O)[C@@H](N)C(C)C)cc3)N2c2ccc(C)cc2)=CC1)C(C)C. The Morgan fingerprint density at radius 3 is 2.20 bits per heavy atom. The molecule has 0 bridgehead atoms. The van der Waals surface area contributed by atoms with Gasteiger partial charge in [-0.3, -0.25) is 14.4 Å². The van der Waals surface area contributed by atoms with Crippen LogP contribution in [-0.2, 0) is 23.9 Å². The number of hydrogen-bond donors (Lipinski definition) is 4. The van der Waals surface area contributed by atoms with Crippen molar-refractivity contribution in [1.82, 2.24) is 20.4 Å². The minimum atomic E-state index is -0.773. The lowest BCUT2D eigenvalue weighted by molar-refractivity contribution is -0.140. The standard InChI is InChI=1S/C46H65N7O6/c1-29(2)41(47)44(55)51-25-7-9-37(51)27-59-28-48-34-17-13-32(14-18-34)38-23-24-39(53(38)36-21-11-31(5)12-22-36)33-15-19-35(20-16-33)49-43(54)40-10-8-26-52(40)45(56)42(30(3)4)50-46(57)58-6/h11-19,21-22,29-30,35,37-42,48H,7-10,20,23-28,47H2,1-6H3,(H,49,54)(H,50,57)/t35?,37-,38?,39?,40-,41-,42-/m0/s1. The van der Waals surface area contributed by atoms with Gasteiger partial charge in [-0.15, -0.1) is 0 Å². The van der Waals surface area contributed by atoms with Crippen molar-refractivity contribution in [3.8, 4) is 0 Å². The number of benzene rings is 2. The van der Waals surface area contributed by atoms with E-state index in [4.69, 9.17) is 15.2 Å². The molecule has 0 saturated carbocycles. The highest BCUT2D eigenvalue weighted by atomic mass is 16.5. The van der Waals surface area contributed by atoms with Gasteiger partial charge in [-0.2, -0.15) is 0 Å². The number of ether oxygens (including phenoxy) is 2. The second-order valence-corrected chi connectivity index (χ2v) is 17.2. The quantitative estimate of drug-likeness (QED) is 0.129. The first-order chi connectivity index (χ1) is 28.4. The Morgan fingerprint density at radius 2 is 1.54 bits per heavy atom. The van der Waals surface area contributed by atoms with Gasteiger partial charge < -0.3 is 45.9 Å². The van der Waals surface area contributed by atoms with Crippen LogP contribution in [0.3, 0.4) is 0 Å². The monoisotopic (exact) mass is 811 g/mol. The summed E-state index contributed by atoms with van der Waals surface area (Å²) in [6.45, 7) is 11.8. The number of hydrogen-bond acceptors (Lipinski definition) is 9. The number of amides is 4. The maximum Gasteiger partial charge on any atom is 0.407 e. The molecule has 7 atom stereocenters. The average Bonchev–Trinajstić information content (AvgIpc) is 4.02. The van der Waals surface area contributed by atoms with Gasteiger partial charge in [0.25, 0.3) is 0 Å². The number of nitrogens with one attached hydrogen (secondary N) is 3. The van der Waals surface area contributed by atoms with Crippen LogP contribution in [0.25, 0.3) is 0 Å². The fraction of sp³-hybridized carbons (Fsp3) is 0.565. The molecule has 3 heterocycles. The third-order valence-corrected chi connectivity index (χ3v) is 12.4. The zero-order valence-electron chi connectivity index (χ0n) is 35.7. The lowest BCUT2D eigenvalue weighted by Gasteiger charge is -2.35. The van der Waals surface area contributed by atoms with Crippen LogP contribution in [0.15, 0.2) is 72.3 Å². The Bertz CT molecular complexity index is 1830. The summed E-state index contributed by atoms with van der Waals surface area (Å²) in [5.74, 6) is -0.484. The smallest absolute Gasteiger partial charge is 0.407 e. The minimum Gasteiger partial charge on any atom is -0.453 e. The van der Waals surface area contributed by atoms with Gasteiger partial charge in [-0.25, -0.2) is 4.79 Å². The lowest BCUT2D eigenvalue weighted by Crippen LogP contribution is -2.55. The van der Waals surface area contributed by atoms with Gasteiger partial charge in [0.1, 0.15) is 18.8 Å². The third kappa shape index (κ3) is 10.5. The van der Waals surface area contributed by atoms with Crippen LogP contribution in [0, 0.1) is 18.8 Å². The molecule has 4 aliphatic rings. The highest BCUT2D eigenvalue weighted by Crippen LogP contribution is 2.43.